The normalized spacial score (nSPS) is 17.4. The van der Waals surface area contributed by atoms with Crippen molar-refractivity contribution in [3.8, 4) is 11.8 Å². The van der Waals surface area contributed by atoms with Gasteiger partial charge in [-0.1, -0.05) is 6.07 Å². The molecule has 0 saturated carbocycles. The molecule has 0 bridgehead atoms. The first-order chi connectivity index (χ1) is 16.5. The molecule has 0 aliphatic carbocycles. The number of ether oxygens (including phenoxy) is 2. The third-order valence-corrected chi connectivity index (χ3v) is 6.26. The standard InChI is InChI=1S/C24H26N6O4/c1-16-11-17(12-25-22(16)33-2)28-10-7-20-19(14-28)23(27-15-26-20)34-18-6-9-29(13-18)24(32)30-8-4-3-5-21(30)31/h3-5,8,11-12,15,18H,6-7,9-10,13-14H2,1-2H3/t18-/m0/s1. The maximum Gasteiger partial charge on any atom is 0.331 e. The van der Waals surface area contributed by atoms with Crippen LogP contribution in [0.2, 0.25) is 0 Å². The fourth-order valence-corrected chi connectivity index (χ4v) is 4.47. The van der Waals surface area contributed by atoms with E-state index in [9.17, 15) is 9.59 Å². The molecule has 0 spiro atoms. The molecule has 0 aromatic carbocycles. The minimum Gasteiger partial charge on any atom is -0.481 e. The lowest BCUT2D eigenvalue weighted by atomic mass is 10.1. The average Bonchev–Trinajstić information content (AvgIpc) is 3.32. The maximum atomic E-state index is 12.8. The summed E-state index contributed by atoms with van der Waals surface area (Å²) in [6, 6.07) is 6.39. The van der Waals surface area contributed by atoms with Crippen LogP contribution in [0.1, 0.15) is 23.2 Å². The Morgan fingerprint density at radius 1 is 1.15 bits per heavy atom. The predicted molar refractivity (Wildman–Crippen MR) is 124 cm³/mol. The van der Waals surface area contributed by atoms with Crippen LogP contribution in [0.5, 0.6) is 11.8 Å². The summed E-state index contributed by atoms with van der Waals surface area (Å²) in [5.74, 6) is 1.16. The van der Waals surface area contributed by atoms with Crippen LogP contribution in [0, 0.1) is 6.92 Å². The van der Waals surface area contributed by atoms with E-state index in [4.69, 9.17) is 9.47 Å². The van der Waals surface area contributed by atoms with Gasteiger partial charge in [-0.3, -0.25) is 4.79 Å². The van der Waals surface area contributed by atoms with Gasteiger partial charge in [0.1, 0.15) is 12.4 Å². The molecule has 34 heavy (non-hydrogen) atoms. The first-order valence-electron chi connectivity index (χ1n) is 11.3. The molecule has 2 aliphatic rings. The molecule has 10 heteroatoms. The second-order valence-electron chi connectivity index (χ2n) is 8.46. The van der Waals surface area contributed by atoms with Gasteiger partial charge in [0.15, 0.2) is 0 Å². The molecule has 3 aromatic rings. The Morgan fingerprint density at radius 2 is 2.03 bits per heavy atom. The topological polar surface area (TPSA) is 103 Å². The van der Waals surface area contributed by atoms with E-state index in [-0.39, 0.29) is 17.7 Å². The number of nitrogens with zero attached hydrogens (tertiary/aromatic N) is 6. The number of aryl methyl sites for hydroxylation is 1. The van der Waals surface area contributed by atoms with Gasteiger partial charge >= 0.3 is 6.03 Å². The summed E-state index contributed by atoms with van der Waals surface area (Å²) in [5.41, 5.74) is 3.56. The first kappa shape index (κ1) is 21.9. The van der Waals surface area contributed by atoms with E-state index in [1.54, 1.807) is 24.1 Å². The van der Waals surface area contributed by atoms with Gasteiger partial charge in [0.25, 0.3) is 5.56 Å². The quantitative estimate of drug-likeness (QED) is 0.580. The van der Waals surface area contributed by atoms with Crippen molar-refractivity contribution in [1.29, 1.82) is 0 Å². The van der Waals surface area contributed by atoms with E-state index in [2.05, 4.69) is 25.9 Å². The van der Waals surface area contributed by atoms with Gasteiger partial charge < -0.3 is 19.3 Å². The second kappa shape index (κ2) is 9.12. The van der Waals surface area contributed by atoms with Crippen LogP contribution in [0.3, 0.4) is 0 Å². The van der Waals surface area contributed by atoms with Crippen molar-refractivity contribution >= 4 is 11.7 Å². The number of amides is 1. The minimum atomic E-state index is -0.343. The fraction of sp³-hybridized carbons (Fsp3) is 0.375. The molecule has 5 rings (SSSR count). The van der Waals surface area contributed by atoms with Crippen LogP contribution >= 0.6 is 0 Å². The van der Waals surface area contributed by atoms with Crippen LogP contribution in [-0.2, 0) is 13.0 Å². The Hall–Kier alpha value is -3.95. The molecule has 5 heterocycles. The third kappa shape index (κ3) is 4.18. The summed E-state index contributed by atoms with van der Waals surface area (Å²) in [5, 5.41) is 0. The zero-order valence-electron chi connectivity index (χ0n) is 19.2. The monoisotopic (exact) mass is 462 g/mol. The predicted octanol–water partition coefficient (Wildman–Crippen LogP) is 2.03. The Kier molecular flexibility index (Phi) is 5.87. The number of rotatable bonds is 4. The number of pyridine rings is 2. The van der Waals surface area contributed by atoms with Crippen LogP contribution in [-0.4, -0.2) is 63.3 Å². The molecular weight excluding hydrogens is 436 g/mol. The van der Waals surface area contributed by atoms with Crippen molar-refractivity contribution in [2.75, 3.05) is 31.6 Å². The Bertz CT molecular complexity index is 1280. The van der Waals surface area contributed by atoms with Crippen molar-refractivity contribution in [2.45, 2.75) is 32.4 Å². The van der Waals surface area contributed by atoms with Crippen molar-refractivity contribution < 1.29 is 14.3 Å². The maximum absolute atomic E-state index is 12.8. The smallest absolute Gasteiger partial charge is 0.331 e. The third-order valence-electron chi connectivity index (χ3n) is 6.26. The highest BCUT2D eigenvalue weighted by atomic mass is 16.5. The largest absolute Gasteiger partial charge is 0.481 e. The van der Waals surface area contributed by atoms with Crippen LogP contribution in [0.4, 0.5) is 10.5 Å². The molecule has 0 N–H and O–H groups in total. The van der Waals surface area contributed by atoms with E-state index >= 15 is 0 Å². The van der Waals surface area contributed by atoms with E-state index in [0.29, 0.717) is 37.8 Å². The molecule has 1 saturated heterocycles. The minimum absolute atomic E-state index is 0.206. The lowest BCUT2D eigenvalue weighted by Crippen LogP contribution is -2.39. The summed E-state index contributed by atoms with van der Waals surface area (Å²) >= 11 is 0. The van der Waals surface area contributed by atoms with E-state index in [1.807, 2.05) is 13.1 Å². The van der Waals surface area contributed by atoms with Gasteiger partial charge in [-0.15, -0.1) is 0 Å². The van der Waals surface area contributed by atoms with Gasteiger partial charge in [-0.2, -0.15) is 0 Å². The van der Waals surface area contributed by atoms with Gasteiger partial charge in [-0.25, -0.2) is 24.3 Å². The molecule has 176 valence electrons. The van der Waals surface area contributed by atoms with Crippen molar-refractivity contribution in [2.24, 2.45) is 0 Å². The number of likely N-dealkylation sites (tertiary alicyclic amines) is 1. The molecule has 1 fully saturated rings. The highest BCUT2D eigenvalue weighted by Crippen LogP contribution is 2.31. The lowest BCUT2D eigenvalue weighted by molar-refractivity contribution is 0.182. The summed E-state index contributed by atoms with van der Waals surface area (Å²) in [4.78, 5) is 41.9. The van der Waals surface area contributed by atoms with Crippen molar-refractivity contribution in [3.63, 3.8) is 0 Å². The lowest BCUT2D eigenvalue weighted by Gasteiger charge is -2.31. The average molecular weight is 463 g/mol. The number of hydrogen-bond donors (Lipinski definition) is 0. The zero-order valence-corrected chi connectivity index (χ0v) is 19.2. The first-order valence-corrected chi connectivity index (χ1v) is 11.3. The zero-order chi connectivity index (χ0) is 23.7. The number of hydrogen-bond acceptors (Lipinski definition) is 8. The summed E-state index contributed by atoms with van der Waals surface area (Å²) < 4.78 is 12.7. The second-order valence-corrected chi connectivity index (χ2v) is 8.46. The highest BCUT2D eigenvalue weighted by Gasteiger charge is 2.31. The highest BCUT2D eigenvalue weighted by molar-refractivity contribution is 5.77. The van der Waals surface area contributed by atoms with Crippen LogP contribution in [0.15, 0.2) is 47.8 Å². The van der Waals surface area contributed by atoms with Gasteiger partial charge in [0.05, 0.1) is 43.3 Å². The molecule has 0 radical (unpaired) electrons. The van der Waals surface area contributed by atoms with Crippen molar-refractivity contribution in [3.05, 3.63) is 70.2 Å². The molecule has 0 unspecified atom stereocenters. The van der Waals surface area contributed by atoms with E-state index < -0.39 is 0 Å². The molecule has 2 aliphatic heterocycles. The van der Waals surface area contributed by atoms with E-state index in [0.717, 1.165) is 40.0 Å². The van der Waals surface area contributed by atoms with Crippen LogP contribution in [0.25, 0.3) is 0 Å². The van der Waals surface area contributed by atoms with Gasteiger partial charge in [-0.05, 0) is 19.1 Å². The number of anilines is 1. The fourth-order valence-electron chi connectivity index (χ4n) is 4.47. The molecule has 1 amide bonds. The molecule has 3 aromatic heterocycles. The Labute approximate surface area is 196 Å². The van der Waals surface area contributed by atoms with Crippen molar-refractivity contribution in [1.82, 2.24) is 24.4 Å². The van der Waals surface area contributed by atoms with Crippen LogP contribution < -0.4 is 19.9 Å². The summed E-state index contributed by atoms with van der Waals surface area (Å²) in [7, 11) is 1.61. The number of carbonyl (C=O) groups is 1. The Balaban J connectivity index is 1.30. The number of methoxy groups -OCH3 is 1. The molecule has 10 nitrogen and oxygen atoms in total. The van der Waals surface area contributed by atoms with Gasteiger partial charge in [0, 0.05) is 43.8 Å². The number of aromatic nitrogens is 4. The SMILES string of the molecule is COc1ncc(N2CCc3ncnc(O[C@H]4CCN(C(=O)n5ccccc5=O)C4)c3C2)cc1C. The summed E-state index contributed by atoms with van der Waals surface area (Å²) in [6.45, 7) is 4.30. The number of carbonyl (C=O) groups excluding carboxylic acids is 1. The summed E-state index contributed by atoms with van der Waals surface area (Å²) in [6.07, 6.45) is 6.06. The van der Waals surface area contributed by atoms with E-state index in [1.165, 1.54) is 18.6 Å². The Morgan fingerprint density at radius 3 is 2.82 bits per heavy atom. The molecule has 1 atom stereocenters. The molecular formula is C24H26N6O4. The number of fused-ring (bicyclic) bond motifs is 1. The van der Waals surface area contributed by atoms with Gasteiger partial charge in [0.2, 0.25) is 11.8 Å².